The minimum absolute atomic E-state index is 0.473. The van der Waals surface area contributed by atoms with Crippen LogP contribution in [0.2, 0.25) is 0 Å². The standard InChI is InChI=1S/C9H9N3O2S/c1-12-7(2-4-10-12)6-3-5-15-8(6)9(13)11-14/h2-5,14H,1H3,(H,11,13). The highest BCUT2D eigenvalue weighted by Gasteiger charge is 2.15. The fourth-order valence-corrected chi connectivity index (χ4v) is 2.17. The highest BCUT2D eigenvalue weighted by molar-refractivity contribution is 7.12. The molecular weight excluding hydrogens is 214 g/mol. The SMILES string of the molecule is Cn1nccc1-c1ccsc1C(=O)NO. The first-order valence-corrected chi connectivity index (χ1v) is 5.12. The number of hydroxylamine groups is 1. The van der Waals surface area contributed by atoms with Gasteiger partial charge in [0, 0.05) is 18.8 Å². The number of rotatable bonds is 2. The Morgan fingerprint density at radius 3 is 3.00 bits per heavy atom. The average Bonchev–Trinajstić information content (AvgIpc) is 2.84. The molecule has 0 fully saturated rings. The van der Waals surface area contributed by atoms with Gasteiger partial charge in [0.2, 0.25) is 0 Å². The summed E-state index contributed by atoms with van der Waals surface area (Å²) in [5.74, 6) is -0.499. The van der Waals surface area contributed by atoms with Crippen LogP contribution < -0.4 is 5.48 Å². The third-order valence-electron chi connectivity index (χ3n) is 2.07. The third-order valence-corrected chi connectivity index (χ3v) is 2.98. The van der Waals surface area contributed by atoms with Crippen LogP contribution in [-0.4, -0.2) is 20.9 Å². The second-order valence-electron chi connectivity index (χ2n) is 2.94. The number of nitrogens with one attached hydrogen (secondary N) is 1. The van der Waals surface area contributed by atoms with Crippen molar-refractivity contribution >= 4 is 17.2 Å². The first kappa shape index (κ1) is 9.88. The van der Waals surface area contributed by atoms with Gasteiger partial charge in [0.05, 0.1) is 5.69 Å². The van der Waals surface area contributed by atoms with Crippen molar-refractivity contribution in [2.24, 2.45) is 7.05 Å². The zero-order valence-corrected chi connectivity index (χ0v) is 8.78. The molecule has 0 atom stereocenters. The molecule has 0 aliphatic rings. The molecule has 78 valence electrons. The fraction of sp³-hybridized carbons (Fsp3) is 0.111. The highest BCUT2D eigenvalue weighted by atomic mass is 32.1. The van der Waals surface area contributed by atoms with Crippen LogP contribution in [0, 0.1) is 0 Å². The minimum atomic E-state index is -0.499. The number of aryl methyl sites for hydroxylation is 1. The van der Waals surface area contributed by atoms with Gasteiger partial charge in [-0.25, -0.2) is 5.48 Å². The molecule has 5 nitrogen and oxygen atoms in total. The van der Waals surface area contributed by atoms with Gasteiger partial charge < -0.3 is 0 Å². The molecule has 0 saturated carbocycles. The van der Waals surface area contributed by atoms with Crippen LogP contribution in [0.3, 0.4) is 0 Å². The van der Waals surface area contributed by atoms with E-state index in [4.69, 9.17) is 5.21 Å². The molecule has 2 heterocycles. The van der Waals surface area contributed by atoms with E-state index in [0.29, 0.717) is 4.88 Å². The van der Waals surface area contributed by atoms with Gasteiger partial charge in [0.15, 0.2) is 0 Å². The Labute approximate surface area is 89.9 Å². The Morgan fingerprint density at radius 2 is 2.40 bits per heavy atom. The lowest BCUT2D eigenvalue weighted by molar-refractivity contribution is 0.0711. The van der Waals surface area contributed by atoms with Crippen LogP contribution in [-0.2, 0) is 7.05 Å². The Morgan fingerprint density at radius 1 is 1.60 bits per heavy atom. The number of thiophene rings is 1. The van der Waals surface area contributed by atoms with Crippen molar-refractivity contribution in [3.63, 3.8) is 0 Å². The lowest BCUT2D eigenvalue weighted by Crippen LogP contribution is -2.18. The number of hydrogen-bond donors (Lipinski definition) is 2. The molecule has 15 heavy (non-hydrogen) atoms. The largest absolute Gasteiger partial charge is 0.288 e. The van der Waals surface area contributed by atoms with E-state index in [0.717, 1.165) is 11.3 Å². The number of carbonyl (C=O) groups is 1. The van der Waals surface area contributed by atoms with Crippen LogP contribution in [0.25, 0.3) is 11.3 Å². The molecule has 0 aliphatic carbocycles. The van der Waals surface area contributed by atoms with Gasteiger partial charge in [0.25, 0.3) is 5.91 Å². The van der Waals surface area contributed by atoms with Gasteiger partial charge in [-0.15, -0.1) is 11.3 Å². The maximum absolute atomic E-state index is 11.3. The van der Waals surface area contributed by atoms with E-state index in [2.05, 4.69) is 5.10 Å². The molecule has 0 spiro atoms. The van der Waals surface area contributed by atoms with E-state index in [1.54, 1.807) is 28.8 Å². The molecule has 0 radical (unpaired) electrons. The molecule has 2 aromatic rings. The number of carbonyl (C=O) groups excluding carboxylic acids is 1. The van der Waals surface area contributed by atoms with Crippen molar-refractivity contribution in [3.05, 3.63) is 28.6 Å². The van der Waals surface area contributed by atoms with Gasteiger partial charge in [-0.2, -0.15) is 5.10 Å². The van der Waals surface area contributed by atoms with Crippen molar-refractivity contribution in [2.75, 3.05) is 0 Å². The predicted octanol–water partition coefficient (Wildman–Crippen LogP) is 1.27. The summed E-state index contributed by atoms with van der Waals surface area (Å²) in [6.07, 6.45) is 1.66. The molecule has 0 saturated heterocycles. The van der Waals surface area contributed by atoms with Gasteiger partial charge in [-0.05, 0) is 17.5 Å². The van der Waals surface area contributed by atoms with Crippen LogP contribution in [0.15, 0.2) is 23.7 Å². The molecule has 0 unspecified atom stereocenters. The quantitative estimate of drug-likeness (QED) is 0.595. The van der Waals surface area contributed by atoms with Gasteiger partial charge >= 0.3 is 0 Å². The molecule has 0 aliphatic heterocycles. The summed E-state index contributed by atoms with van der Waals surface area (Å²) in [4.78, 5) is 11.8. The predicted molar refractivity (Wildman–Crippen MR) is 55.8 cm³/mol. The van der Waals surface area contributed by atoms with Crippen molar-refractivity contribution in [2.45, 2.75) is 0 Å². The Hall–Kier alpha value is -1.66. The number of aromatic nitrogens is 2. The number of amides is 1. The first-order valence-electron chi connectivity index (χ1n) is 4.24. The van der Waals surface area contributed by atoms with E-state index < -0.39 is 5.91 Å². The van der Waals surface area contributed by atoms with Crippen molar-refractivity contribution < 1.29 is 10.0 Å². The molecule has 0 aromatic carbocycles. The molecule has 2 N–H and O–H groups in total. The van der Waals surface area contributed by atoms with Crippen molar-refractivity contribution in [1.29, 1.82) is 0 Å². The third kappa shape index (κ3) is 1.64. The molecule has 2 aromatic heterocycles. The lowest BCUT2D eigenvalue weighted by Gasteiger charge is -2.02. The van der Waals surface area contributed by atoms with Crippen LogP contribution in [0.5, 0.6) is 0 Å². The molecule has 0 bridgehead atoms. The summed E-state index contributed by atoms with van der Waals surface area (Å²) in [5, 5.41) is 14.4. The Bertz CT molecular complexity index is 489. The van der Waals surface area contributed by atoms with Crippen molar-refractivity contribution in [3.8, 4) is 11.3 Å². The maximum Gasteiger partial charge on any atom is 0.285 e. The monoisotopic (exact) mass is 223 g/mol. The summed E-state index contributed by atoms with van der Waals surface area (Å²) in [5.41, 5.74) is 3.24. The van der Waals surface area contributed by atoms with Crippen LogP contribution in [0.4, 0.5) is 0 Å². The van der Waals surface area contributed by atoms with Crippen molar-refractivity contribution in [1.82, 2.24) is 15.3 Å². The number of nitrogens with zero attached hydrogens (tertiary/aromatic N) is 2. The van der Waals surface area contributed by atoms with Crippen LogP contribution >= 0.6 is 11.3 Å². The van der Waals surface area contributed by atoms with E-state index >= 15 is 0 Å². The highest BCUT2D eigenvalue weighted by Crippen LogP contribution is 2.27. The molecule has 6 heteroatoms. The normalized spacial score (nSPS) is 10.3. The lowest BCUT2D eigenvalue weighted by atomic mass is 10.2. The average molecular weight is 223 g/mol. The topological polar surface area (TPSA) is 67.2 Å². The Kier molecular flexibility index (Phi) is 2.53. The van der Waals surface area contributed by atoms with E-state index in [1.807, 2.05) is 12.1 Å². The second-order valence-corrected chi connectivity index (χ2v) is 3.86. The molecule has 2 rings (SSSR count). The summed E-state index contributed by atoms with van der Waals surface area (Å²) < 4.78 is 1.68. The van der Waals surface area contributed by atoms with Gasteiger partial charge in [0.1, 0.15) is 4.88 Å². The van der Waals surface area contributed by atoms with Gasteiger partial charge in [-0.1, -0.05) is 0 Å². The zero-order chi connectivity index (χ0) is 10.8. The minimum Gasteiger partial charge on any atom is -0.288 e. The van der Waals surface area contributed by atoms with Gasteiger partial charge in [-0.3, -0.25) is 14.7 Å². The zero-order valence-electron chi connectivity index (χ0n) is 7.97. The van der Waals surface area contributed by atoms with E-state index in [9.17, 15) is 4.79 Å². The smallest absolute Gasteiger partial charge is 0.285 e. The first-order chi connectivity index (χ1) is 7.24. The maximum atomic E-state index is 11.3. The second kappa shape index (κ2) is 3.84. The number of hydrogen-bond acceptors (Lipinski definition) is 4. The molecular formula is C9H9N3O2S. The Balaban J connectivity index is 2.50. The summed E-state index contributed by atoms with van der Waals surface area (Å²) >= 11 is 1.28. The van der Waals surface area contributed by atoms with Crippen LogP contribution in [0.1, 0.15) is 9.67 Å². The summed E-state index contributed by atoms with van der Waals surface area (Å²) in [6, 6.07) is 3.64. The summed E-state index contributed by atoms with van der Waals surface area (Å²) in [7, 11) is 1.80. The molecule has 1 amide bonds. The van der Waals surface area contributed by atoms with E-state index in [1.165, 1.54) is 11.3 Å². The van der Waals surface area contributed by atoms with E-state index in [-0.39, 0.29) is 0 Å². The fourth-order valence-electron chi connectivity index (χ4n) is 1.38. The summed E-state index contributed by atoms with van der Waals surface area (Å²) in [6.45, 7) is 0.